The number of piperidine rings is 2. The second-order valence-electron chi connectivity index (χ2n) is 6.68. The lowest BCUT2D eigenvalue weighted by molar-refractivity contribution is 0.0235. The van der Waals surface area contributed by atoms with Crippen molar-refractivity contribution in [2.24, 2.45) is 5.92 Å². The molecule has 2 fully saturated rings. The number of ether oxygens (including phenoxy) is 1. The molecule has 7 heteroatoms. The minimum Gasteiger partial charge on any atom is -0.449 e. The van der Waals surface area contributed by atoms with Crippen LogP contribution >= 0.6 is 23.2 Å². The number of nitrogens with one attached hydrogen (secondary N) is 1. The van der Waals surface area contributed by atoms with E-state index < -0.39 is 12.0 Å². The Morgan fingerprint density at radius 1 is 1.12 bits per heavy atom. The van der Waals surface area contributed by atoms with Gasteiger partial charge in [-0.15, -0.1) is 0 Å². The number of carbonyl (C=O) groups excluding carboxylic acids is 2. The monoisotopic (exact) mass is 384 g/mol. The molecule has 0 spiro atoms. The molecule has 25 heavy (non-hydrogen) atoms. The number of hydrogen-bond donors (Lipinski definition) is 1. The van der Waals surface area contributed by atoms with E-state index in [1.165, 1.54) is 31.0 Å². The molecule has 2 aliphatic rings. The van der Waals surface area contributed by atoms with Gasteiger partial charge in [0, 0.05) is 17.5 Å². The zero-order valence-corrected chi connectivity index (χ0v) is 15.5. The van der Waals surface area contributed by atoms with Crippen LogP contribution in [0.4, 0.5) is 4.79 Å². The molecule has 2 atom stereocenters. The summed E-state index contributed by atoms with van der Waals surface area (Å²) in [5.41, 5.74) is 0.266. The Bertz CT molecular complexity index is 651. The van der Waals surface area contributed by atoms with Gasteiger partial charge in [-0.05, 0) is 57.0 Å². The minimum absolute atomic E-state index is 0.266. The van der Waals surface area contributed by atoms with Gasteiger partial charge >= 0.3 is 6.09 Å². The summed E-state index contributed by atoms with van der Waals surface area (Å²) < 4.78 is 5.32. The molecule has 2 saturated heterocycles. The van der Waals surface area contributed by atoms with Crippen LogP contribution in [0.25, 0.3) is 0 Å². The van der Waals surface area contributed by atoms with Gasteiger partial charge in [0.25, 0.3) is 5.91 Å². The molecule has 3 rings (SSSR count). The molecule has 2 heterocycles. The van der Waals surface area contributed by atoms with Crippen molar-refractivity contribution in [1.29, 1.82) is 0 Å². The Morgan fingerprint density at radius 3 is 2.72 bits per heavy atom. The minimum atomic E-state index is -0.719. The fourth-order valence-electron chi connectivity index (χ4n) is 3.79. The van der Waals surface area contributed by atoms with E-state index in [2.05, 4.69) is 10.2 Å². The van der Waals surface area contributed by atoms with Crippen molar-refractivity contribution in [3.8, 4) is 0 Å². The van der Waals surface area contributed by atoms with Crippen LogP contribution in [0.5, 0.6) is 0 Å². The number of carbonyl (C=O) groups is 2. The van der Waals surface area contributed by atoms with E-state index in [4.69, 9.17) is 27.9 Å². The maximum atomic E-state index is 12.1. The smallest absolute Gasteiger partial charge is 0.414 e. The van der Waals surface area contributed by atoms with E-state index in [0.717, 1.165) is 32.4 Å². The summed E-state index contributed by atoms with van der Waals surface area (Å²) >= 11 is 11.7. The van der Waals surface area contributed by atoms with Gasteiger partial charge in [0.05, 0.1) is 16.7 Å². The van der Waals surface area contributed by atoms with Crippen LogP contribution in [-0.2, 0) is 4.74 Å². The predicted octanol–water partition coefficient (Wildman–Crippen LogP) is 4.12. The molecule has 1 N–H and O–H groups in total. The van der Waals surface area contributed by atoms with Crippen LogP contribution in [0, 0.1) is 5.92 Å². The van der Waals surface area contributed by atoms with Crippen LogP contribution in [0.3, 0.4) is 0 Å². The van der Waals surface area contributed by atoms with E-state index in [9.17, 15) is 9.59 Å². The highest BCUT2D eigenvalue weighted by Crippen LogP contribution is 2.31. The van der Waals surface area contributed by atoms with Gasteiger partial charge in [0.1, 0.15) is 0 Å². The van der Waals surface area contributed by atoms with E-state index in [-0.39, 0.29) is 10.6 Å². The van der Waals surface area contributed by atoms with Crippen molar-refractivity contribution < 1.29 is 14.3 Å². The molecule has 0 aromatic heterocycles. The maximum Gasteiger partial charge on any atom is 0.414 e. The maximum absolute atomic E-state index is 12.1. The first kappa shape index (κ1) is 18.5. The standard InChI is InChI=1S/C18H22Cl2N2O3/c19-14-7-6-12(10-15(14)20)17(23)21-18(24)25-11-13-4-3-9-22-8-2-1-5-16(13)22/h6-7,10,13,16H,1-5,8-9,11H2,(H,21,23,24). The van der Waals surface area contributed by atoms with Gasteiger partial charge < -0.3 is 4.74 Å². The van der Waals surface area contributed by atoms with Gasteiger partial charge in [-0.1, -0.05) is 29.6 Å². The van der Waals surface area contributed by atoms with Gasteiger partial charge in [0.2, 0.25) is 0 Å². The average molecular weight is 385 g/mol. The number of amides is 2. The SMILES string of the molecule is O=C(NC(=O)c1ccc(Cl)c(Cl)c1)OCC1CCCN2CCCCC12. The number of alkyl carbamates (subject to hydrolysis) is 1. The van der Waals surface area contributed by atoms with Gasteiger partial charge in [-0.2, -0.15) is 0 Å². The predicted molar refractivity (Wildman–Crippen MR) is 97.2 cm³/mol. The Balaban J connectivity index is 1.50. The zero-order chi connectivity index (χ0) is 17.8. The van der Waals surface area contributed by atoms with E-state index >= 15 is 0 Å². The summed E-state index contributed by atoms with van der Waals surface area (Å²) in [4.78, 5) is 26.5. The topological polar surface area (TPSA) is 58.6 Å². The number of imide groups is 1. The Labute approximate surface area is 157 Å². The molecule has 1 aromatic carbocycles. The van der Waals surface area contributed by atoms with Crippen LogP contribution < -0.4 is 5.32 Å². The summed E-state index contributed by atoms with van der Waals surface area (Å²) in [6.45, 7) is 2.63. The highest BCUT2D eigenvalue weighted by Gasteiger charge is 2.33. The molecule has 0 bridgehead atoms. The molecule has 2 unspecified atom stereocenters. The highest BCUT2D eigenvalue weighted by molar-refractivity contribution is 6.42. The van der Waals surface area contributed by atoms with Crippen molar-refractivity contribution >= 4 is 35.2 Å². The summed E-state index contributed by atoms with van der Waals surface area (Å²) in [6, 6.07) is 4.95. The van der Waals surface area contributed by atoms with Crippen LogP contribution in [-0.4, -0.2) is 42.6 Å². The van der Waals surface area contributed by atoms with Crippen molar-refractivity contribution in [3.05, 3.63) is 33.8 Å². The van der Waals surface area contributed by atoms with Crippen molar-refractivity contribution in [2.45, 2.75) is 38.1 Å². The number of nitrogens with zero attached hydrogens (tertiary/aromatic N) is 1. The first-order valence-corrected chi connectivity index (χ1v) is 9.47. The molecule has 0 saturated carbocycles. The molecule has 0 radical (unpaired) electrons. The lowest BCUT2D eigenvalue weighted by Gasteiger charge is -2.44. The number of hydrogen-bond acceptors (Lipinski definition) is 4. The van der Waals surface area contributed by atoms with Crippen LogP contribution in [0.15, 0.2) is 18.2 Å². The fraction of sp³-hybridized carbons (Fsp3) is 0.556. The zero-order valence-electron chi connectivity index (χ0n) is 14.0. The second-order valence-corrected chi connectivity index (χ2v) is 7.50. The normalized spacial score (nSPS) is 23.6. The Hall–Kier alpha value is -1.30. The average Bonchev–Trinajstić information content (AvgIpc) is 2.62. The summed E-state index contributed by atoms with van der Waals surface area (Å²) in [6.07, 6.45) is 5.13. The second kappa shape index (κ2) is 8.39. The first-order valence-electron chi connectivity index (χ1n) is 8.72. The molecule has 0 aliphatic carbocycles. The largest absolute Gasteiger partial charge is 0.449 e. The van der Waals surface area contributed by atoms with E-state index in [1.807, 2.05) is 0 Å². The van der Waals surface area contributed by atoms with Crippen molar-refractivity contribution in [2.75, 3.05) is 19.7 Å². The van der Waals surface area contributed by atoms with Gasteiger partial charge in [-0.25, -0.2) is 4.79 Å². The van der Waals surface area contributed by atoms with E-state index in [0.29, 0.717) is 23.6 Å². The first-order chi connectivity index (χ1) is 12.0. The Kier molecular flexibility index (Phi) is 6.20. The highest BCUT2D eigenvalue weighted by atomic mass is 35.5. The third-order valence-corrected chi connectivity index (χ3v) is 5.79. The summed E-state index contributed by atoms with van der Waals surface area (Å²) in [5, 5.41) is 2.86. The van der Waals surface area contributed by atoms with Crippen molar-refractivity contribution in [1.82, 2.24) is 10.2 Å². The molecule has 2 aliphatic heterocycles. The summed E-state index contributed by atoms with van der Waals surface area (Å²) in [5.74, 6) is -0.202. The Morgan fingerprint density at radius 2 is 1.92 bits per heavy atom. The van der Waals surface area contributed by atoms with E-state index in [1.54, 1.807) is 0 Å². The quantitative estimate of drug-likeness (QED) is 0.850. The number of fused-ring (bicyclic) bond motifs is 1. The molecule has 1 aromatic rings. The summed E-state index contributed by atoms with van der Waals surface area (Å²) in [7, 11) is 0. The van der Waals surface area contributed by atoms with Gasteiger partial charge in [0.15, 0.2) is 0 Å². The third kappa shape index (κ3) is 4.66. The third-order valence-electron chi connectivity index (χ3n) is 5.05. The number of halogens is 2. The van der Waals surface area contributed by atoms with Crippen molar-refractivity contribution in [3.63, 3.8) is 0 Å². The molecule has 136 valence electrons. The fourth-order valence-corrected chi connectivity index (χ4v) is 4.09. The lowest BCUT2D eigenvalue weighted by Crippen LogP contribution is -2.49. The van der Waals surface area contributed by atoms with Crippen LogP contribution in [0.2, 0.25) is 10.0 Å². The lowest BCUT2D eigenvalue weighted by atomic mass is 9.84. The number of rotatable bonds is 3. The van der Waals surface area contributed by atoms with Gasteiger partial charge in [-0.3, -0.25) is 15.0 Å². The molecule has 5 nitrogen and oxygen atoms in total. The molecule has 2 amide bonds. The molecular weight excluding hydrogens is 363 g/mol. The number of benzene rings is 1. The van der Waals surface area contributed by atoms with Crippen LogP contribution in [0.1, 0.15) is 42.5 Å². The molecular formula is C18H22Cl2N2O3.